The van der Waals surface area contributed by atoms with Crippen LogP contribution in [0.2, 0.25) is 0 Å². The molecule has 2 saturated carbocycles. The number of likely N-dealkylation sites (tertiary alicyclic amines) is 1. The SMILES string of the molecule is CN=C(NC1CCN(C2CCCC2)CC1)NC1CC(C)(OC)C1(C)C. The summed E-state index contributed by atoms with van der Waals surface area (Å²) in [6.45, 7) is 9.24. The summed E-state index contributed by atoms with van der Waals surface area (Å²) in [7, 11) is 3.70. The number of nitrogens with zero attached hydrogens (tertiary/aromatic N) is 2. The highest BCUT2D eigenvalue weighted by molar-refractivity contribution is 5.80. The molecule has 3 aliphatic rings. The summed E-state index contributed by atoms with van der Waals surface area (Å²) < 4.78 is 5.74. The number of guanidine groups is 1. The van der Waals surface area contributed by atoms with Crippen molar-refractivity contribution in [1.82, 2.24) is 15.5 Å². The molecular weight excluding hydrogens is 312 g/mol. The van der Waals surface area contributed by atoms with E-state index in [1.54, 1.807) is 0 Å². The number of methoxy groups -OCH3 is 1. The Balaban J connectivity index is 1.46. The lowest BCUT2D eigenvalue weighted by molar-refractivity contribution is -0.176. The fraction of sp³-hybridized carbons (Fsp3) is 0.950. The maximum atomic E-state index is 5.74. The van der Waals surface area contributed by atoms with Crippen LogP contribution in [-0.4, -0.2) is 61.8 Å². The molecule has 1 heterocycles. The Bertz CT molecular complexity index is 478. The van der Waals surface area contributed by atoms with E-state index in [-0.39, 0.29) is 11.0 Å². The monoisotopic (exact) mass is 350 g/mol. The molecule has 144 valence electrons. The van der Waals surface area contributed by atoms with E-state index in [0.29, 0.717) is 12.1 Å². The van der Waals surface area contributed by atoms with Crippen LogP contribution in [-0.2, 0) is 4.74 Å². The van der Waals surface area contributed by atoms with Gasteiger partial charge in [0.25, 0.3) is 0 Å². The van der Waals surface area contributed by atoms with Crippen molar-refractivity contribution in [2.45, 2.75) is 89.4 Å². The fourth-order valence-electron chi connectivity index (χ4n) is 4.93. The molecule has 3 fully saturated rings. The highest BCUT2D eigenvalue weighted by Gasteiger charge is 2.58. The third-order valence-electron chi connectivity index (χ3n) is 7.52. The van der Waals surface area contributed by atoms with Crippen molar-refractivity contribution in [3.63, 3.8) is 0 Å². The zero-order chi connectivity index (χ0) is 18.1. The molecule has 1 aliphatic heterocycles. The van der Waals surface area contributed by atoms with E-state index in [2.05, 4.69) is 41.3 Å². The van der Waals surface area contributed by atoms with E-state index in [9.17, 15) is 0 Å². The van der Waals surface area contributed by atoms with Gasteiger partial charge in [0.05, 0.1) is 5.60 Å². The molecule has 0 spiro atoms. The van der Waals surface area contributed by atoms with Gasteiger partial charge < -0.3 is 20.3 Å². The molecule has 0 bridgehead atoms. The van der Waals surface area contributed by atoms with Gasteiger partial charge in [-0.2, -0.15) is 0 Å². The normalized spacial score (nSPS) is 34.8. The second kappa shape index (κ2) is 7.43. The summed E-state index contributed by atoms with van der Waals surface area (Å²) in [4.78, 5) is 7.20. The van der Waals surface area contributed by atoms with Crippen molar-refractivity contribution < 1.29 is 4.74 Å². The van der Waals surface area contributed by atoms with Gasteiger partial charge in [-0.25, -0.2) is 0 Å². The molecule has 3 rings (SSSR count). The number of ether oxygens (including phenoxy) is 1. The number of hydrogen-bond donors (Lipinski definition) is 2. The van der Waals surface area contributed by atoms with E-state index in [1.807, 2.05) is 14.2 Å². The molecule has 2 atom stereocenters. The van der Waals surface area contributed by atoms with Gasteiger partial charge in [-0.05, 0) is 39.0 Å². The van der Waals surface area contributed by atoms with Crippen LogP contribution in [0.15, 0.2) is 4.99 Å². The lowest BCUT2D eigenvalue weighted by Crippen LogP contribution is -2.69. The van der Waals surface area contributed by atoms with Crippen LogP contribution in [0, 0.1) is 5.41 Å². The zero-order valence-electron chi connectivity index (χ0n) is 16.9. The van der Waals surface area contributed by atoms with E-state index < -0.39 is 0 Å². The zero-order valence-corrected chi connectivity index (χ0v) is 16.9. The lowest BCUT2D eigenvalue weighted by Gasteiger charge is -2.59. The molecule has 0 aromatic carbocycles. The van der Waals surface area contributed by atoms with Crippen LogP contribution in [0.25, 0.3) is 0 Å². The van der Waals surface area contributed by atoms with Crippen LogP contribution in [0.5, 0.6) is 0 Å². The molecule has 1 saturated heterocycles. The molecule has 5 nitrogen and oxygen atoms in total. The first-order chi connectivity index (χ1) is 11.9. The fourth-order valence-corrected chi connectivity index (χ4v) is 4.93. The Morgan fingerprint density at radius 3 is 2.20 bits per heavy atom. The van der Waals surface area contributed by atoms with Crippen LogP contribution in [0.4, 0.5) is 0 Å². The summed E-state index contributed by atoms with van der Waals surface area (Å²) >= 11 is 0. The first-order valence-electron chi connectivity index (χ1n) is 10.2. The van der Waals surface area contributed by atoms with Crippen LogP contribution in [0.1, 0.15) is 65.7 Å². The number of rotatable bonds is 4. The Kier molecular flexibility index (Phi) is 5.64. The second-order valence-electron chi connectivity index (χ2n) is 9.02. The summed E-state index contributed by atoms with van der Waals surface area (Å²) in [6.07, 6.45) is 9.15. The van der Waals surface area contributed by atoms with Crippen molar-refractivity contribution in [3.8, 4) is 0 Å². The quantitative estimate of drug-likeness (QED) is 0.605. The standard InChI is InChI=1S/C20H38N4O/c1-19(2)17(14-20(19,3)25-5)23-18(21-4)22-15-10-12-24(13-11-15)16-8-6-7-9-16/h15-17H,6-14H2,1-5H3,(H2,21,22,23). The third kappa shape index (κ3) is 3.68. The Labute approximate surface area is 154 Å². The number of piperidine rings is 1. The minimum Gasteiger partial charge on any atom is -0.378 e. The Hall–Kier alpha value is -0.810. The van der Waals surface area contributed by atoms with Crippen molar-refractivity contribution in [2.24, 2.45) is 10.4 Å². The molecule has 0 aromatic heterocycles. The van der Waals surface area contributed by atoms with Gasteiger partial charge >= 0.3 is 0 Å². The van der Waals surface area contributed by atoms with Gasteiger partial charge in [-0.3, -0.25) is 4.99 Å². The van der Waals surface area contributed by atoms with Crippen LogP contribution >= 0.6 is 0 Å². The number of hydrogen-bond acceptors (Lipinski definition) is 3. The predicted octanol–water partition coefficient (Wildman–Crippen LogP) is 2.76. The average molecular weight is 351 g/mol. The Morgan fingerprint density at radius 1 is 1.04 bits per heavy atom. The predicted molar refractivity (Wildman–Crippen MR) is 104 cm³/mol. The molecular formula is C20H38N4O. The van der Waals surface area contributed by atoms with E-state index in [4.69, 9.17) is 4.74 Å². The molecule has 2 N–H and O–H groups in total. The maximum Gasteiger partial charge on any atom is 0.191 e. The van der Waals surface area contributed by atoms with Gasteiger partial charge in [0, 0.05) is 50.8 Å². The molecule has 2 aliphatic carbocycles. The minimum atomic E-state index is -0.0455. The summed E-state index contributed by atoms with van der Waals surface area (Å²) in [6, 6.07) is 1.81. The van der Waals surface area contributed by atoms with Crippen molar-refractivity contribution in [2.75, 3.05) is 27.2 Å². The molecule has 2 unspecified atom stereocenters. The summed E-state index contributed by atoms with van der Waals surface area (Å²) in [5.41, 5.74) is 0.0569. The summed E-state index contributed by atoms with van der Waals surface area (Å²) in [5.74, 6) is 0.954. The smallest absolute Gasteiger partial charge is 0.191 e. The van der Waals surface area contributed by atoms with Gasteiger partial charge in [0.15, 0.2) is 5.96 Å². The second-order valence-corrected chi connectivity index (χ2v) is 9.02. The van der Waals surface area contributed by atoms with E-state index in [0.717, 1.165) is 18.4 Å². The van der Waals surface area contributed by atoms with Gasteiger partial charge in [-0.15, -0.1) is 0 Å². The van der Waals surface area contributed by atoms with Gasteiger partial charge in [-0.1, -0.05) is 26.7 Å². The van der Waals surface area contributed by atoms with Crippen LogP contribution < -0.4 is 10.6 Å². The third-order valence-corrected chi connectivity index (χ3v) is 7.52. The van der Waals surface area contributed by atoms with Gasteiger partial charge in [0.2, 0.25) is 0 Å². The van der Waals surface area contributed by atoms with E-state index >= 15 is 0 Å². The highest BCUT2D eigenvalue weighted by atomic mass is 16.5. The van der Waals surface area contributed by atoms with Crippen molar-refractivity contribution in [3.05, 3.63) is 0 Å². The minimum absolute atomic E-state index is 0.0455. The molecule has 5 heteroatoms. The molecule has 0 amide bonds. The summed E-state index contributed by atoms with van der Waals surface area (Å²) in [5, 5.41) is 7.31. The first kappa shape index (κ1) is 19.0. The molecule has 25 heavy (non-hydrogen) atoms. The lowest BCUT2D eigenvalue weighted by atomic mass is 9.56. The topological polar surface area (TPSA) is 48.9 Å². The maximum absolute atomic E-state index is 5.74. The average Bonchev–Trinajstić information content (AvgIpc) is 3.15. The largest absolute Gasteiger partial charge is 0.378 e. The highest BCUT2D eigenvalue weighted by Crippen LogP contribution is 2.51. The van der Waals surface area contributed by atoms with Gasteiger partial charge in [0.1, 0.15) is 0 Å². The molecule has 0 radical (unpaired) electrons. The Morgan fingerprint density at radius 2 is 1.68 bits per heavy atom. The van der Waals surface area contributed by atoms with E-state index in [1.165, 1.54) is 51.6 Å². The molecule has 0 aromatic rings. The number of aliphatic imine (C=N–C) groups is 1. The van der Waals surface area contributed by atoms with Crippen molar-refractivity contribution in [1.29, 1.82) is 0 Å². The van der Waals surface area contributed by atoms with Crippen LogP contribution in [0.3, 0.4) is 0 Å². The first-order valence-corrected chi connectivity index (χ1v) is 10.2. The van der Waals surface area contributed by atoms with Crippen molar-refractivity contribution >= 4 is 5.96 Å². The number of nitrogens with one attached hydrogen (secondary N) is 2.